The second-order valence-corrected chi connectivity index (χ2v) is 3.26. The van der Waals surface area contributed by atoms with E-state index in [-0.39, 0.29) is 11.9 Å². The molecule has 0 unspecified atom stereocenters. The van der Waals surface area contributed by atoms with Gasteiger partial charge in [0.15, 0.2) is 0 Å². The molecule has 0 spiro atoms. The molecule has 0 heterocycles. The minimum Gasteiger partial charge on any atom is -0.465 e. The summed E-state index contributed by atoms with van der Waals surface area (Å²) < 4.78 is 4.57. The third-order valence-electron chi connectivity index (χ3n) is 2.18. The van der Waals surface area contributed by atoms with Gasteiger partial charge in [-0.1, -0.05) is 12.1 Å². The van der Waals surface area contributed by atoms with Gasteiger partial charge in [0.25, 0.3) is 0 Å². The monoisotopic (exact) mass is 222 g/mol. The molecule has 3 N–H and O–H groups in total. The van der Waals surface area contributed by atoms with Gasteiger partial charge in [-0.15, -0.1) is 0 Å². The predicted molar refractivity (Wildman–Crippen MR) is 58.4 cm³/mol. The number of aryl methyl sites for hydroxylation is 1. The summed E-state index contributed by atoms with van der Waals surface area (Å²) in [4.78, 5) is 22.0. The van der Waals surface area contributed by atoms with Crippen LogP contribution in [-0.4, -0.2) is 19.0 Å². The van der Waals surface area contributed by atoms with Gasteiger partial charge in [-0.05, 0) is 24.1 Å². The zero-order valence-corrected chi connectivity index (χ0v) is 9.03. The Morgan fingerprint density at radius 1 is 1.31 bits per heavy atom. The Labute approximate surface area is 93.6 Å². The summed E-state index contributed by atoms with van der Waals surface area (Å²) in [6.07, 6.45) is 0.915. The Bertz CT molecular complexity index is 373. The van der Waals surface area contributed by atoms with Gasteiger partial charge in [-0.3, -0.25) is 10.2 Å². The van der Waals surface area contributed by atoms with E-state index in [1.165, 1.54) is 7.11 Å². The Hall–Kier alpha value is -1.88. The predicted octanol–water partition coefficient (Wildman–Crippen LogP) is 0.396. The van der Waals surface area contributed by atoms with Crippen molar-refractivity contribution < 1.29 is 14.3 Å². The van der Waals surface area contributed by atoms with Crippen LogP contribution in [-0.2, 0) is 16.0 Å². The maximum atomic E-state index is 11.1. The van der Waals surface area contributed by atoms with Crippen molar-refractivity contribution in [2.75, 3.05) is 7.11 Å². The van der Waals surface area contributed by atoms with Crippen LogP contribution in [0.4, 0.5) is 0 Å². The number of carbonyl (C=O) groups is 2. The number of hydrogen-bond acceptors (Lipinski definition) is 4. The van der Waals surface area contributed by atoms with Crippen molar-refractivity contribution in [1.29, 1.82) is 0 Å². The van der Waals surface area contributed by atoms with E-state index in [2.05, 4.69) is 10.2 Å². The summed E-state index contributed by atoms with van der Waals surface area (Å²) in [7, 11) is 1.34. The van der Waals surface area contributed by atoms with E-state index in [1.54, 1.807) is 24.3 Å². The molecular weight excluding hydrogens is 208 g/mol. The number of rotatable bonds is 4. The van der Waals surface area contributed by atoms with E-state index in [9.17, 15) is 9.59 Å². The van der Waals surface area contributed by atoms with Gasteiger partial charge in [0.2, 0.25) is 5.91 Å². The first kappa shape index (κ1) is 12.2. The van der Waals surface area contributed by atoms with Crippen molar-refractivity contribution in [3.05, 3.63) is 35.4 Å². The van der Waals surface area contributed by atoms with Gasteiger partial charge >= 0.3 is 5.97 Å². The molecule has 0 aliphatic rings. The van der Waals surface area contributed by atoms with Gasteiger partial charge in [-0.2, -0.15) is 0 Å². The molecule has 16 heavy (non-hydrogen) atoms. The lowest BCUT2D eigenvalue weighted by Crippen LogP contribution is -2.30. The summed E-state index contributed by atoms with van der Waals surface area (Å²) in [5.41, 5.74) is 3.52. The van der Waals surface area contributed by atoms with Crippen LogP contribution in [0.5, 0.6) is 0 Å². The maximum absolute atomic E-state index is 11.1. The van der Waals surface area contributed by atoms with Crippen LogP contribution in [0.1, 0.15) is 22.3 Å². The average Bonchev–Trinajstić information content (AvgIpc) is 2.35. The largest absolute Gasteiger partial charge is 0.465 e. The third kappa shape index (κ3) is 3.36. The number of nitrogens with two attached hydrogens (primary N) is 1. The molecule has 5 nitrogen and oxygen atoms in total. The van der Waals surface area contributed by atoms with Gasteiger partial charge in [0.05, 0.1) is 12.7 Å². The molecule has 0 saturated heterocycles. The first-order valence-corrected chi connectivity index (χ1v) is 4.84. The minimum atomic E-state index is -0.369. The molecular formula is C11H14N2O3. The highest BCUT2D eigenvalue weighted by molar-refractivity contribution is 5.89. The molecule has 0 bridgehead atoms. The topological polar surface area (TPSA) is 81.4 Å². The summed E-state index contributed by atoms with van der Waals surface area (Å²) in [6.45, 7) is 0. The van der Waals surface area contributed by atoms with E-state index in [1.807, 2.05) is 0 Å². The van der Waals surface area contributed by atoms with Crippen LogP contribution in [0.3, 0.4) is 0 Å². The number of nitrogens with one attached hydrogen (secondary N) is 1. The van der Waals surface area contributed by atoms with Gasteiger partial charge < -0.3 is 4.74 Å². The zero-order chi connectivity index (χ0) is 12.0. The molecule has 0 aromatic heterocycles. The molecule has 86 valence electrons. The van der Waals surface area contributed by atoms with Gasteiger partial charge in [-0.25, -0.2) is 10.6 Å². The van der Waals surface area contributed by atoms with Crippen molar-refractivity contribution in [1.82, 2.24) is 5.43 Å². The average molecular weight is 222 g/mol. The highest BCUT2D eigenvalue weighted by Crippen LogP contribution is 2.07. The number of hydrazine groups is 1. The van der Waals surface area contributed by atoms with Crippen LogP contribution in [0, 0.1) is 0 Å². The second-order valence-electron chi connectivity index (χ2n) is 3.26. The first-order chi connectivity index (χ1) is 7.67. The number of methoxy groups -OCH3 is 1. The molecule has 0 fully saturated rings. The molecule has 1 aromatic carbocycles. The van der Waals surface area contributed by atoms with Crippen LogP contribution >= 0.6 is 0 Å². The quantitative estimate of drug-likeness (QED) is 0.334. The molecule has 0 radical (unpaired) electrons. The molecule has 1 amide bonds. The SMILES string of the molecule is COC(=O)c1ccc(CCC(=O)NN)cc1. The first-order valence-electron chi connectivity index (χ1n) is 4.84. The fraction of sp³-hybridized carbons (Fsp3) is 0.273. The molecule has 5 heteroatoms. The second kappa shape index (κ2) is 5.87. The smallest absolute Gasteiger partial charge is 0.337 e. The van der Waals surface area contributed by atoms with Crippen LogP contribution in [0.15, 0.2) is 24.3 Å². The highest BCUT2D eigenvalue weighted by Gasteiger charge is 2.05. The van der Waals surface area contributed by atoms with Crippen LogP contribution < -0.4 is 11.3 Å². The molecule has 0 saturated carbocycles. The lowest BCUT2D eigenvalue weighted by atomic mass is 10.1. The third-order valence-corrected chi connectivity index (χ3v) is 2.18. The minimum absolute atomic E-state index is 0.211. The van der Waals surface area contributed by atoms with E-state index < -0.39 is 0 Å². The van der Waals surface area contributed by atoms with Crippen molar-refractivity contribution in [2.24, 2.45) is 5.84 Å². The lowest BCUT2D eigenvalue weighted by molar-refractivity contribution is -0.121. The van der Waals surface area contributed by atoms with Crippen LogP contribution in [0.25, 0.3) is 0 Å². The van der Waals surface area contributed by atoms with Crippen molar-refractivity contribution >= 4 is 11.9 Å². The Balaban J connectivity index is 2.58. The Kier molecular flexibility index (Phi) is 4.47. The molecule has 0 aliphatic carbocycles. The zero-order valence-electron chi connectivity index (χ0n) is 9.03. The summed E-state index contributed by atoms with van der Waals surface area (Å²) >= 11 is 0. The van der Waals surface area contributed by atoms with E-state index in [0.29, 0.717) is 18.4 Å². The fourth-order valence-corrected chi connectivity index (χ4v) is 1.26. The van der Waals surface area contributed by atoms with Crippen molar-refractivity contribution in [2.45, 2.75) is 12.8 Å². The van der Waals surface area contributed by atoms with Crippen molar-refractivity contribution in [3.8, 4) is 0 Å². The number of ether oxygens (including phenoxy) is 1. The van der Waals surface area contributed by atoms with Crippen LogP contribution in [0.2, 0.25) is 0 Å². The summed E-state index contributed by atoms with van der Waals surface area (Å²) in [5, 5.41) is 0. The lowest BCUT2D eigenvalue weighted by Gasteiger charge is -2.02. The number of benzene rings is 1. The number of hydrogen-bond donors (Lipinski definition) is 2. The highest BCUT2D eigenvalue weighted by atomic mass is 16.5. The van der Waals surface area contributed by atoms with E-state index >= 15 is 0 Å². The van der Waals surface area contributed by atoms with Gasteiger partial charge in [0, 0.05) is 6.42 Å². The molecule has 1 rings (SSSR count). The number of esters is 1. The van der Waals surface area contributed by atoms with Gasteiger partial charge in [0.1, 0.15) is 0 Å². The molecule has 0 atom stereocenters. The Morgan fingerprint density at radius 2 is 1.94 bits per heavy atom. The molecule has 0 aliphatic heterocycles. The molecule has 1 aromatic rings. The van der Waals surface area contributed by atoms with Crippen molar-refractivity contribution in [3.63, 3.8) is 0 Å². The Morgan fingerprint density at radius 3 is 2.44 bits per heavy atom. The standard InChI is InChI=1S/C11H14N2O3/c1-16-11(15)9-5-2-8(3-6-9)4-7-10(14)13-12/h2-3,5-6H,4,7,12H2,1H3,(H,13,14). The number of amides is 1. The summed E-state index contributed by atoms with van der Waals surface area (Å²) in [6, 6.07) is 6.91. The summed E-state index contributed by atoms with van der Waals surface area (Å²) in [5.74, 6) is 4.38. The normalized spacial score (nSPS) is 9.62. The van der Waals surface area contributed by atoms with E-state index in [0.717, 1.165) is 5.56 Å². The number of carbonyl (C=O) groups excluding carboxylic acids is 2. The fourth-order valence-electron chi connectivity index (χ4n) is 1.26. The maximum Gasteiger partial charge on any atom is 0.337 e. The van der Waals surface area contributed by atoms with E-state index in [4.69, 9.17) is 5.84 Å².